The number of imide groups is 1. The SMILES string of the molecule is CCCN(CCC)C(=O)C1=Cc2ccc(C(=O)Nc3cnc4c(c3)CN(C(=O)OCc3ccc(NC(=O)[C@H](C)NC(=O)CNC(=O)CCCCCN5C(=O)C=CC5=O)cc3)CC4)cc2N=C(N)C1. The summed E-state index contributed by atoms with van der Waals surface area (Å²) in [6, 6.07) is 12.6. The maximum atomic E-state index is 13.5. The zero-order chi connectivity index (χ0) is 48.7. The molecule has 2 aromatic carbocycles. The number of rotatable bonds is 20. The zero-order valence-electron chi connectivity index (χ0n) is 38.6. The number of carbonyl (C=O) groups excluding carboxylic acids is 8. The molecule has 3 aromatic rings. The van der Waals surface area contributed by atoms with Gasteiger partial charge in [0.05, 0.1) is 30.7 Å². The van der Waals surface area contributed by atoms with E-state index >= 15 is 0 Å². The van der Waals surface area contributed by atoms with Crippen LogP contribution in [0, 0.1) is 0 Å². The first-order valence-corrected chi connectivity index (χ1v) is 22.9. The van der Waals surface area contributed by atoms with Crippen LogP contribution in [0.4, 0.5) is 21.9 Å². The molecule has 6 N–H and O–H groups in total. The number of hydrogen-bond acceptors (Lipinski definition) is 12. The van der Waals surface area contributed by atoms with Gasteiger partial charge in [-0.25, -0.2) is 9.79 Å². The highest BCUT2D eigenvalue weighted by Gasteiger charge is 2.26. The number of amides is 8. The summed E-state index contributed by atoms with van der Waals surface area (Å²) >= 11 is 0. The fraction of sp³-hybridized carbons (Fsp3) is 0.388. The fourth-order valence-corrected chi connectivity index (χ4v) is 7.76. The van der Waals surface area contributed by atoms with Crippen molar-refractivity contribution < 1.29 is 43.1 Å². The molecule has 0 radical (unpaired) electrons. The molecule has 4 heterocycles. The molecule has 0 fully saturated rings. The van der Waals surface area contributed by atoms with Crippen molar-refractivity contribution in [1.82, 2.24) is 30.3 Å². The number of anilines is 2. The van der Waals surface area contributed by atoms with E-state index in [1.807, 2.05) is 18.7 Å². The predicted octanol–water partition coefficient (Wildman–Crippen LogP) is 4.50. The molecule has 6 rings (SSSR count). The molecule has 0 unspecified atom stereocenters. The van der Waals surface area contributed by atoms with Gasteiger partial charge in [-0.1, -0.05) is 38.5 Å². The number of fused-ring (bicyclic) bond motifs is 2. The second kappa shape index (κ2) is 23.7. The number of hydrogen-bond donors (Lipinski definition) is 5. The molecule has 0 aliphatic carbocycles. The molecule has 8 amide bonds. The maximum absolute atomic E-state index is 13.5. The molecule has 3 aliphatic heterocycles. The smallest absolute Gasteiger partial charge is 0.410 e. The number of aliphatic imine (C=N–C) groups is 1. The second-order valence-electron chi connectivity index (χ2n) is 16.7. The van der Waals surface area contributed by atoms with E-state index in [1.165, 1.54) is 19.1 Å². The van der Waals surface area contributed by atoms with Gasteiger partial charge >= 0.3 is 6.09 Å². The molecule has 0 bridgehead atoms. The number of pyridine rings is 1. The number of benzene rings is 2. The number of carbonyl (C=O) groups is 8. The Morgan fingerprint density at radius 1 is 0.882 bits per heavy atom. The van der Waals surface area contributed by atoms with Gasteiger partial charge in [-0.15, -0.1) is 0 Å². The van der Waals surface area contributed by atoms with Crippen LogP contribution in [0.3, 0.4) is 0 Å². The number of amidine groups is 1. The van der Waals surface area contributed by atoms with E-state index in [1.54, 1.807) is 65.7 Å². The Labute approximate surface area is 394 Å². The van der Waals surface area contributed by atoms with Crippen molar-refractivity contribution in [3.05, 3.63) is 100 Å². The normalized spacial score (nSPS) is 14.4. The van der Waals surface area contributed by atoms with Crippen LogP contribution in [0.15, 0.2) is 77.4 Å². The van der Waals surface area contributed by atoms with Gasteiger partial charge in [0.2, 0.25) is 23.6 Å². The summed E-state index contributed by atoms with van der Waals surface area (Å²) in [5.41, 5.74) is 11.5. The van der Waals surface area contributed by atoms with Crippen molar-refractivity contribution >= 4 is 76.4 Å². The van der Waals surface area contributed by atoms with Crippen LogP contribution >= 0.6 is 0 Å². The Kier molecular flexibility index (Phi) is 17.3. The van der Waals surface area contributed by atoms with Crippen LogP contribution in [0.2, 0.25) is 0 Å². The number of unbranched alkanes of at least 4 members (excludes halogenated alkanes) is 2. The van der Waals surface area contributed by atoms with Crippen LogP contribution in [0.5, 0.6) is 0 Å². The van der Waals surface area contributed by atoms with Gasteiger partial charge in [-0.05, 0) is 80.1 Å². The van der Waals surface area contributed by atoms with Gasteiger partial charge in [-0.2, -0.15) is 0 Å². The van der Waals surface area contributed by atoms with Crippen molar-refractivity contribution in [1.29, 1.82) is 0 Å². The standard InChI is InChI=1S/C49H58N10O9/c1-4-19-57(20-5-2)48(66)35-23-33-12-13-34(25-40(33)56-41(50)26-35)47(65)55-38-24-36-29-58(22-18-39(36)51-27-38)49(67)68-30-32-10-14-37(15-11-32)54-46(64)31(3)53-43(61)28-52-42(60)9-7-6-8-21-59-44(62)16-17-45(59)63/h10-17,23-25,27,31H,4-9,18-22,26,28-30H2,1-3H3,(H2,50,56)(H,52,60)(H,53,61)(H,54,64)(H,55,65)/t31-/m0/s1. The van der Waals surface area contributed by atoms with Gasteiger partial charge in [-0.3, -0.25) is 43.4 Å². The monoisotopic (exact) mass is 930 g/mol. The Hall–Kier alpha value is -7.70. The highest BCUT2D eigenvalue weighted by molar-refractivity contribution is 6.13. The van der Waals surface area contributed by atoms with Crippen LogP contribution in [-0.2, 0) is 53.1 Å². The molecule has 0 saturated carbocycles. The molecular formula is C49H58N10O9. The van der Waals surface area contributed by atoms with E-state index in [0.29, 0.717) is 84.6 Å². The second-order valence-corrected chi connectivity index (χ2v) is 16.7. The molecule has 0 spiro atoms. The lowest BCUT2D eigenvalue weighted by atomic mass is 10.0. The molecule has 0 saturated heterocycles. The third kappa shape index (κ3) is 13.7. The molecule has 1 atom stereocenters. The van der Waals surface area contributed by atoms with E-state index in [-0.39, 0.29) is 68.5 Å². The van der Waals surface area contributed by atoms with Gasteiger partial charge in [0.25, 0.3) is 17.7 Å². The van der Waals surface area contributed by atoms with Crippen molar-refractivity contribution in [3.63, 3.8) is 0 Å². The van der Waals surface area contributed by atoms with Gasteiger partial charge in [0.1, 0.15) is 18.5 Å². The minimum atomic E-state index is -0.906. The first-order valence-electron chi connectivity index (χ1n) is 22.9. The van der Waals surface area contributed by atoms with Gasteiger partial charge in [0.15, 0.2) is 0 Å². The van der Waals surface area contributed by atoms with Crippen LogP contribution in [0.1, 0.15) is 98.5 Å². The largest absolute Gasteiger partial charge is 0.445 e. The summed E-state index contributed by atoms with van der Waals surface area (Å²) in [5.74, 6) is -2.22. The lowest BCUT2D eigenvalue weighted by Gasteiger charge is -2.28. The van der Waals surface area contributed by atoms with E-state index in [2.05, 4.69) is 31.2 Å². The Morgan fingerprint density at radius 3 is 2.34 bits per heavy atom. The molecule has 1 aromatic heterocycles. The third-order valence-corrected chi connectivity index (χ3v) is 11.3. The number of nitrogens with one attached hydrogen (secondary N) is 4. The van der Waals surface area contributed by atoms with Crippen molar-refractivity contribution in [2.24, 2.45) is 10.7 Å². The van der Waals surface area contributed by atoms with Gasteiger partial charge in [0, 0.05) is 85.7 Å². The lowest BCUT2D eigenvalue weighted by molar-refractivity contribution is -0.137. The van der Waals surface area contributed by atoms with Crippen LogP contribution < -0.4 is 27.0 Å². The maximum Gasteiger partial charge on any atom is 0.410 e. The number of ether oxygens (including phenoxy) is 1. The first-order chi connectivity index (χ1) is 32.7. The summed E-state index contributed by atoms with van der Waals surface area (Å²) in [7, 11) is 0. The topological polar surface area (TPSA) is 255 Å². The summed E-state index contributed by atoms with van der Waals surface area (Å²) in [4.78, 5) is 114. The molecule has 19 nitrogen and oxygen atoms in total. The minimum Gasteiger partial charge on any atom is -0.445 e. The number of aromatic nitrogens is 1. The average Bonchev–Trinajstić information content (AvgIpc) is 3.54. The third-order valence-electron chi connectivity index (χ3n) is 11.3. The summed E-state index contributed by atoms with van der Waals surface area (Å²) < 4.78 is 5.61. The molecule has 68 heavy (non-hydrogen) atoms. The average molecular weight is 931 g/mol. The molecular weight excluding hydrogens is 873 g/mol. The number of nitrogens with zero attached hydrogens (tertiary/aromatic N) is 5. The van der Waals surface area contributed by atoms with Crippen molar-refractivity contribution in [2.75, 3.05) is 43.4 Å². The summed E-state index contributed by atoms with van der Waals surface area (Å²) in [6.07, 6.45) is 9.55. The van der Waals surface area contributed by atoms with Gasteiger partial charge < -0.3 is 41.5 Å². The Bertz CT molecular complexity index is 2500. The first kappa shape index (κ1) is 49.7. The Balaban J connectivity index is 0.915. The zero-order valence-corrected chi connectivity index (χ0v) is 38.6. The fourth-order valence-electron chi connectivity index (χ4n) is 7.76. The highest BCUT2D eigenvalue weighted by Crippen LogP contribution is 2.29. The summed E-state index contributed by atoms with van der Waals surface area (Å²) in [5, 5.41) is 10.7. The lowest BCUT2D eigenvalue weighted by Crippen LogP contribution is -2.45. The molecule has 3 aliphatic rings. The highest BCUT2D eigenvalue weighted by atomic mass is 16.6. The van der Waals surface area contributed by atoms with E-state index in [4.69, 9.17) is 10.5 Å². The molecule has 19 heteroatoms. The van der Waals surface area contributed by atoms with E-state index in [9.17, 15) is 38.4 Å². The van der Waals surface area contributed by atoms with E-state index < -0.39 is 29.9 Å². The quantitative estimate of drug-likeness (QED) is 0.0779. The predicted molar refractivity (Wildman–Crippen MR) is 254 cm³/mol. The van der Waals surface area contributed by atoms with E-state index in [0.717, 1.165) is 29.0 Å². The Morgan fingerprint density at radius 2 is 1.62 bits per heavy atom. The van der Waals surface area contributed by atoms with Crippen LogP contribution in [0.25, 0.3) is 6.08 Å². The molecule has 358 valence electrons. The summed E-state index contributed by atoms with van der Waals surface area (Å²) in [6.45, 7) is 7.43. The van der Waals surface area contributed by atoms with Crippen molar-refractivity contribution in [3.8, 4) is 0 Å². The minimum absolute atomic E-state index is 0.0265. The van der Waals surface area contributed by atoms with Crippen molar-refractivity contribution in [2.45, 2.75) is 91.3 Å². The number of nitrogens with two attached hydrogens (primary N) is 1. The van der Waals surface area contributed by atoms with Crippen LogP contribution in [-0.4, -0.2) is 112 Å².